The van der Waals surface area contributed by atoms with Crippen LogP contribution in [0.4, 0.5) is 0 Å². The van der Waals surface area contributed by atoms with Crippen LogP contribution in [0.25, 0.3) is 32.3 Å². The first-order valence-electron chi connectivity index (χ1n) is 11.9. The predicted molar refractivity (Wildman–Crippen MR) is 189 cm³/mol. The second-order valence-electron chi connectivity index (χ2n) is 8.44. The van der Waals surface area contributed by atoms with Crippen molar-refractivity contribution in [2.75, 3.05) is 0 Å². The number of rotatable bonds is 3. The second-order valence-corrected chi connectivity index (χ2v) is 11.7. The normalized spacial score (nSPS) is 9.90. The molecule has 6 rings (SSSR count). The Labute approximate surface area is 278 Å². The maximum Gasteiger partial charge on any atom is 3.00 e. The van der Waals surface area contributed by atoms with Gasteiger partial charge >= 0.3 is 17.1 Å². The summed E-state index contributed by atoms with van der Waals surface area (Å²) in [6.45, 7) is 0. The topological polar surface area (TPSA) is 0 Å². The molecule has 1 radical (unpaired) electrons. The van der Waals surface area contributed by atoms with Crippen molar-refractivity contribution in [3.05, 3.63) is 144 Å². The molecule has 0 N–H and O–H groups in total. The number of hydrogen-bond acceptors (Lipinski definition) is 6. The summed E-state index contributed by atoms with van der Waals surface area (Å²) in [6, 6.07) is 42.4. The molecule has 0 amide bonds. The van der Waals surface area contributed by atoms with Gasteiger partial charge in [0.1, 0.15) is 0 Å². The first kappa shape index (κ1) is 32.1. The zero-order valence-electron chi connectivity index (χ0n) is 20.9. The predicted octanol–water partition coefficient (Wildman–Crippen LogP) is 9.18. The molecule has 0 aliphatic rings. The maximum atomic E-state index is 5.00. The maximum absolute atomic E-state index is 5.00. The van der Waals surface area contributed by atoms with Crippen molar-refractivity contribution in [1.82, 2.24) is 0 Å². The minimum absolute atomic E-state index is 0. The van der Waals surface area contributed by atoms with Gasteiger partial charge in [0.05, 0.1) is 0 Å². The van der Waals surface area contributed by atoms with Gasteiger partial charge in [0, 0.05) is 0 Å². The van der Waals surface area contributed by atoms with Crippen LogP contribution >= 0.6 is 36.7 Å². The monoisotopic (exact) mass is 665 g/mol. The van der Waals surface area contributed by atoms with Crippen molar-refractivity contribution in [2.24, 2.45) is 0 Å². The Kier molecular flexibility index (Phi) is 12.4. The molecule has 0 unspecified atom stereocenters. The standard InChI is InChI=1S/3C11H8S2.Fe/c3*12-11(13)10-7-3-5-8-4-1-2-6-9(8)10;/h3*1-7H,(H,12,13);/q;;;+3/p-3. The molecule has 0 fully saturated rings. The summed E-state index contributed by atoms with van der Waals surface area (Å²) in [5.74, 6) is 0. The fraction of sp³-hybridized carbons (Fsp3) is 0. The fourth-order valence-corrected chi connectivity index (χ4v) is 5.28. The summed E-state index contributed by atoms with van der Waals surface area (Å²) in [5.41, 5.74) is 2.97. The van der Waals surface area contributed by atoms with Crippen LogP contribution < -0.4 is 0 Å². The van der Waals surface area contributed by atoms with Gasteiger partial charge in [-0.2, -0.15) is 0 Å². The Morgan fingerprint density at radius 1 is 0.350 bits per heavy atom. The summed E-state index contributed by atoms with van der Waals surface area (Å²) in [6.07, 6.45) is 0. The van der Waals surface area contributed by atoms with Gasteiger partial charge in [0.15, 0.2) is 0 Å². The minimum Gasteiger partial charge on any atom is -0.428 e. The van der Waals surface area contributed by atoms with E-state index in [1.807, 2.05) is 91.0 Å². The Hall–Kier alpha value is -2.45. The molecule has 6 aromatic rings. The molecule has 0 aliphatic heterocycles. The molecule has 0 spiro atoms. The molecule has 0 atom stereocenters. The van der Waals surface area contributed by atoms with Crippen molar-refractivity contribution in [2.45, 2.75) is 0 Å². The van der Waals surface area contributed by atoms with Gasteiger partial charge in [-0.05, 0) is 49.0 Å². The molecule has 0 saturated carbocycles. The third-order valence-corrected chi connectivity index (χ3v) is 7.35. The zero-order chi connectivity index (χ0) is 27.8. The quantitative estimate of drug-likeness (QED) is 0.104. The summed E-state index contributed by atoms with van der Waals surface area (Å²) in [5, 5.41) is 6.99. The minimum atomic E-state index is 0. The van der Waals surface area contributed by atoms with Gasteiger partial charge in [-0.1, -0.05) is 127 Å². The molecule has 0 bridgehead atoms. The Morgan fingerprint density at radius 3 is 0.825 bits per heavy atom. The van der Waals surface area contributed by atoms with E-state index in [1.165, 1.54) is 16.2 Å². The van der Waals surface area contributed by atoms with Crippen LogP contribution in [0.2, 0.25) is 0 Å². The van der Waals surface area contributed by atoms with E-state index in [4.69, 9.17) is 74.5 Å². The van der Waals surface area contributed by atoms with Gasteiger partial charge < -0.3 is 74.5 Å². The van der Waals surface area contributed by atoms with E-state index in [2.05, 4.69) is 36.4 Å². The third-order valence-electron chi connectivity index (χ3n) is 6.03. The fourth-order valence-electron chi connectivity index (χ4n) is 4.21. The molecule has 7 heteroatoms. The molecule has 40 heavy (non-hydrogen) atoms. The number of benzene rings is 6. The first-order valence-corrected chi connectivity index (χ1v) is 14.4. The van der Waals surface area contributed by atoms with E-state index >= 15 is 0 Å². The van der Waals surface area contributed by atoms with Crippen LogP contribution in [0.5, 0.6) is 0 Å². The van der Waals surface area contributed by atoms with Crippen molar-refractivity contribution in [1.29, 1.82) is 0 Å². The Morgan fingerprint density at radius 2 is 0.575 bits per heavy atom. The van der Waals surface area contributed by atoms with E-state index in [-0.39, 0.29) is 17.1 Å². The van der Waals surface area contributed by atoms with Crippen LogP contribution in [-0.4, -0.2) is 12.6 Å². The molecule has 0 aromatic heterocycles. The molecule has 0 aliphatic carbocycles. The van der Waals surface area contributed by atoms with Crippen LogP contribution in [0.3, 0.4) is 0 Å². The SMILES string of the molecule is S=C([S-])c1cccc2ccccc12.S=C([S-])c1cccc2ccccc12.S=C([S-])c1cccc2ccccc12.[Fe+3]. The summed E-state index contributed by atoms with van der Waals surface area (Å²) < 4.78 is 1.62. The molecular formula is C33H21FeS6. The van der Waals surface area contributed by atoms with Crippen molar-refractivity contribution in [3.8, 4) is 0 Å². The largest absolute Gasteiger partial charge is 3.00 e. The molecular weight excluding hydrogens is 645 g/mol. The van der Waals surface area contributed by atoms with Crippen LogP contribution in [0.1, 0.15) is 16.7 Å². The Balaban J connectivity index is 0.000000163. The smallest absolute Gasteiger partial charge is 0.428 e. The number of hydrogen-bond donors (Lipinski definition) is 0. The summed E-state index contributed by atoms with van der Waals surface area (Å²) >= 11 is 30.0. The summed E-state index contributed by atoms with van der Waals surface area (Å²) in [4.78, 5) is 0. The molecule has 6 aromatic carbocycles. The van der Waals surface area contributed by atoms with Crippen molar-refractivity contribution < 1.29 is 17.1 Å². The van der Waals surface area contributed by atoms with Gasteiger partial charge in [-0.25, -0.2) is 0 Å². The first-order chi connectivity index (χ1) is 18.9. The van der Waals surface area contributed by atoms with E-state index < -0.39 is 0 Å². The average Bonchev–Trinajstić information content (AvgIpc) is 2.96. The van der Waals surface area contributed by atoms with Crippen molar-refractivity contribution in [3.63, 3.8) is 0 Å². The van der Waals surface area contributed by atoms with Crippen LogP contribution in [0, 0.1) is 0 Å². The number of fused-ring (bicyclic) bond motifs is 3. The second kappa shape index (κ2) is 15.5. The van der Waals surface area contributed by atoms with Crippen molar-refractivity contribution >= 4 is 119 Å². The number of thiocarbonyl (C=S) groups is 3. The third kappa shape index (κ3) is 8.06. The van der Waals surface area contributed by atoms with Crippen LogP contribution in [-0.2, 0) is 55.0 Å². The average molecular weight is 666 g/mol. The zero-order valence-corrected chi connectivity index (χ0v) is 26.9. The van der Waals surface area contributed by atoms with Gasteiger partial charge in [0.2, 0.25) is 0 Å². The molecule has 0 heterocycles. The van der Waals surface area contributed by atoms with Crippen LogP contribution in [0.15, 0.2) is 127 Å². The summed E-state index contributed by atoms with van der Waals surface area (Å²) in [7, 11) is 0. The van der Waals surface area contributed by atoms with E-state index in [1.54, 1.807) is 0 Å². The molecule has 197 valence electrons. The van der Waals surface area contributed by atoms with E-state index in [9.17, 15) is 0 Å². The van der Waals surface area contributed by atoms with E-state index in [0.717, 1.165) is 32.8 Å². The van der Waals surface area contributed by atoms with Gasteiger partial charge in [-0.15, -0.1) is 12.6 Å². The Bertz CT molecular complexity index is 1580. The molecule has 0 saturated heterocycles. The molecule has 0 nitrogen and oxygen atoms in total. The van der Waals surface area contributed by atoms with Gasteiger partial charge in [0.25, 0.3) is 0 Å². The van der Waals surface area contributed by atoms with E-state index in [0.29, 0.717) is 12.6 Å². The van der Waals surface area contributed by atoms with Gasteiger partial charge in [-0.3, -0.25) is 0 Å².